The first-order chi connectivity index (χ1) is 7.88. The minimum Gasteiger partial charge on any atom is -0.481 e. The summed E-state index contributed by atoms with van der Waals surface area (Å²) in [5, 5.41) is 17.5. The zero-order valence-corrected chi connectivity index (χ0v) is 9.76. The van der Waals surface area contributed by atoms with E-state index in [0.717, 1.165) is 0 Å². The summed E-state index contributed by atoms with van der Waals surface area (Å²) in [7, 11) is 0. The maximum Gasteiger partial charge on any atom is 0.339 e. The van der Waals surface area contributed by atoms with Gasteiger partial charge in [0.1, 0.15) is 0 Å². The normalized spacial score (nSPS) is 10.9. The fraction of sp³-hybridized carbons (Fsp3) is 0.700. The van der Waals surface area contributed by atoms with Crippen LogP contribution in [-0.2, 0) is 23.9 Å². The van der Waals surface area contributed by atoms with Crippen LogP contribution in [0.2, 0.25) is 0 Å². The molecule has 0 aromatic carbocycles. The van der Waals surface area contributed by atoms with E-state index in [9.17, 15) is 14.4 Å². The first-order valence-electron chi connectivity index (χ1n) is 5.12. The number of carboxylic acids is 2. The van der Waals surface area contributed by atoms with Gasteiger partial charge in [0.25, 0.3) is 0 Å². The minimum atomic E-state index is -1.96. The molecule has 0 aliphatic carbocycles. The van der Waals surface area contributed by atoms with E-state index in [0.29, 0.717) is 0 Å². The van der Waals surface area contributed by atoms with E-state index in [-0.39, 0.29) is 13.2 Å². The van der Waals surface area contributed by atoms with Crippen molar-refractivity contribution in [3.05, 3.63) is 0 Å². The van der Waals surface area contributed by atoms with Crippen LogP contribution in [0.25, 0.3) is 0 Å². The topological polar surface area (TPSA) is 110 Å². The van der Waals surface area contributed by atoms with Gasteiger partial charge in [-0.15, -0.1) is 0 Å². The molecule has 7 nitrogen and oxygen atoms in total. The second-order valence-electron chi connectivity index (χ2n) is 3.29. The Balaban J connectivity index is 5.13. The number of esters is 1. The number of ether oxygens (including phenoxy) is 2. The third-order valence-electron chi connectivity index (χ3n) is 1.94. The molecule has 7 heteroatoms. The van der Waals surface area contributed by atoms with E-state index in [1.54, 1.807) is 0 Å². The van der Waals surface area contributed by atoms with Crippen molar-refractivity contribution in [3.8, 4) is 0 Å². The molecule has 0 bridgehead atoms. The van der Waals surface area contributed by atoms with Gasteiger partial charge in [-0.3, -0.25) is 9.59 Å². The number of carbonyl (C=O) groups is 3. The first-order valence-corrected chi connectivity index (χ1v) is 5.12. The lowest BCUT2D eigenvalue weighted by molar-refractivity contribution is -0.182. The molecule has 0 spiro atoms. The number of aliphatic carboxylic acids is 2. The summed E-state index contributed by atoms with van der Waals surface area (Å²) in [5.74, 6) is -3.62. The zero-order valence-electron chi connectivity index (χ0n) is 9.76. The summed E-state index contributed by atoms with van der Waals surface area (Å²) >= 11 is 0. The van der Waals surface area contributed by atoms with Crippen LogP contribution in [-0.4, -0.2) is 46.9 Å². The fourth-order valence-electron chi connectivity index (χ4n) is 1.40. The van der Waals surface area contributed by atoms with E-state index in [2.05, 4.69) is 4.74 Å². The van der Waals surface area contributed by atoms with Crippen LogP contribution in [0.4, 0.5) is 0 Å². The largest absolute Gasteiger partial charge is 0.481 e. The Morgan fingerprint density at radius 1 is 1.00 bits per heavy atom. The predicted octanol–water partition coefficient (Wildman–Crippen LogP) is 0.274. The Kier molecular flexibility index (Phi) is 6.19. The van der Waals surface area contributed by atoms with Crippen LogP contribution in [0.5, 0.6) is 0 Å². The van der Waals surface area contributed by atoms with Crippen molar-refractivity contribution in [2.24, 2.45) is 0 Å². The molecule has 0 aliphatic rings. The van der Waals surface area contributed by atoms with Gasteiger partial charge in [-0.1, -0.05) is 0 Å². The predicted molar refractivity (Wildman–Crippen MR) is 55.5 cm³/mol. The van der Waals surface area contributed by atoms with Gasteiger partial charge in [-0.2, -0.15) is 0 Å². The van der Waals surface area contributed by atoms with Gasteiger partial charge in [0.15, 0.2) is 5.60 Å². The van der Waals surface area contributed by atoms with Crippen molar-refractivity contribution < 1.29 is 34.1 Å². The van der Waals surface area contributed by atoms with Crippen LogP contribution in [0.3, 0.4) is 0 Å². The molecule has 0 aromatic rings. The average molecular weight is 248 g/mol. The lowest BCUT2D eigenvalue weighted by atomic mass is 9.95. The first kappa shape index (κ1) is 15.4. The molecule has 0 saturated heterocycles. The molecule has 0 aromatic heterocycles. The van der Waals surface area contributed by atoms with Crippen LogP contribution < -0.4 is 0 Å². The second kappa shape index (κ2) is 6.85. The number of carboxylic acid groups (broad SMARTS) is 2. The smallest absolute Gasteiger partial charge is 0.339 e. The van der Waals surface area contributed by atoms with Crippen LogP contribution in [0.15, 0.2) is 0 Å². The van der Waals surface area contributed by atoms with Gasteiger partial charge in [0.2, 0.25) is 0 Å². The minimum absolute atomic E-state index is 0.0133. The summed E-state index contributed by atoms with van der Waals surface area (Å²) in [4.78, 5) is 33.1. The van der Waals surface area contributed by atoms with E-state index in [4.69, 9.17) is 14.9 Å². The molecule has 0 rings (SSSR count). The summed E-state index contributed by atoms with van der Waals surface area (Å²) < 4.78 is 9.70. The Morgan fingerprint density at radius 2 is 1.47 bits per heavy atom. The maximum absolute atomic E-state index is 11.7. The SMILES string of the molecule is CCOC(=O)C(CC(=O)O)(CC(=O)O)OCC. The Morgan fingerprint density at radius 3 is 1.76 bits per heavy atom. The van der Waals surface area contributed by atoms with Gasteiger partial charge in [0, 0.05) is 6.61 Å². The monoisotopic (exact) mass is 248 g/mol. The van der Waals surface area contributed by atoms with Crippen molar-refractivity contribution in [2.45, 2.75) is 32.3 Å². The van der Waals surface area contributed by atoms with Gasteiger partial charge in [-0.05, 0) is 13.8 Å². The molecule has 2 N–H and O–H groups in total. The highest BCUT2D eigenvalue weighted by atomic mass is 16.6. The molecular weight excluding hydrogens is 232 g/mol. The summed E-state index contributed by atoms with van der Waals surface area (Å²) in [6, 6.07) is 0. The molecular formula is C10H16O7. The van der Waals surface area contributed by atoms with Crippen LogP contribution in [0, 0.1) is 0 Å². The van der Waals surface area contributed by atoms with E-state index in [1.165, 1.54) is 13.8 Å². The number of carbonyl (C=O) groups excluding carboxylic acids is 1. The summed E-state index contributed by atoms with van der Waals surface area (Å²) in [6.07, 6.45) is -1.49. The molecule has 0 fully saturated rings. The molecule has 0 saturated carbocycles. The molecule has 0 amide bonds. The van der Waals surface area contributed by atoms with Crippen molar-refractivity contribution in [1.82, 2.24) is 0 Å². The van der Waals surface area contributed by atoms with Crippen LogP contribution in [0.1, 0.15) is 26.7 Å². The van der Waals surface area contributed by atoms with Crippen molar-refractivity contribution in [2.75, 3.05) is 13.2 Å². The molecule has 17 heavy (non-hydrogen) atoms. The highest BCUT2D eigenvalue weighted by molar-refractivity contribution is 5.89. The van der Waals surface area contributed by atoms with E-state index >= 15 is 0 Å². The van der Waals surface area contributed by atoms with Gasteiger partial charge in [0.05, 0.1) is 19.4 Å². The maximum atomic E-state index is 11.7. The van der Waals surface area contributed by atoms with Crippen molar-refractivity contribution in [3.63, 3.8) is 0 Å². The van der Waals surface area contributed by atoms with Crippen molar-refractivity contribution >= 4 is 17.9 Å². The lowest BCUT2D eigenvalue weighted by Gasteiger charge is -2.28. The summed E-state index contributed by atoms with van der Waals surface area (Å²) in [5.41, 5.74) is -1.96. The molecule has 0 aliphatic heterocycles. The Hall–Kier alpha value is -1.63. The standard InChI is InChI=1S/C10H16O7/c1-3-16-9(15)10(17-4-2,5-7(11)12)6-8(13)14/h3-6H2,1-2H3,(H,11,12)(H,13,14). The van der Waals surface area contributed by atoms with E-state index in [1.807, 2.05) is 0 Å². The third-order valence-corrected chi connectivity index (χ3v) is 1.94. The molecule has 0 unspecified atom stereocenters. The van der Waals surface area contributed by atoms with Crippen molar-refractivity contribution in [1.29, 1.82) is 0 Å². The van der Waals surface area contributed by atoms with Gasteiger partial charge >= 0.3 is 17.9 Å². The lowest BCUT2D eigenvalue weighted by Crippen LogP contribution is -2.46. The Bertz CT molecular complexity index is 281. The highest BCUT2D eigenvalue weighted by Gasteiger charge is 2.45. The van der Waals surface area contributed by atoms with E-state index < -0.39 is 36.4 Å². The fourth-order valence-corrected chi connectivity index (χ4v) is 1.40. The third kappa shape index (κ3) is 4.81. The number of hydrogen-bond donors (Lipinski definition) is 2. The molecule has 0 heterocycles. The molecule has 0 atom stereocenters. The summed E-state index contributed by atoms with van der Waals surface area (Å²) in [6.45, 7) is 3.11. The zero-order chi connectivity index (χ0) is 13.5. The number of rotatable bonds is 8. The van der Waals surface area contributed by atoms with Gasteiger partial charge < -0.3 is 19.7 Å². The molecule has 98 valence electrons. The Labute approximate surface area is 98.3 Å². The quantitative estimate of drug-likeness (QED) is 0.593. The van der Waals surface area contributed by atoms with Crippen LogP contribution >= 0.6 is 0 Å². The molecule has 0 radical (unpaired) electrons. The number of hydrogen-bond acceptors (Lipinski definition) is 5. The highest BCUT2D eigenvalue weighted by Crippen LogP contribution is 2.23. The average Bonchev–Trinajstić information content (AvgIpc) is 2.15. The van der Waals surface area contributed by atoms with Gasteiger partial charge in [-0.25, -0.2) is 4.79 Å². The second-order valence-corrected chi connectivity index (χ2v) is 3.29.